The molecule has 3 N–H and O–H groups in total. The van der Waals surface area contributed by atoms with E-state index in [0.29, 0.717) is 43.1 Å². The van der Waals surface area contributed by atoms with Crippen molar-refractivity contribution in [3.63, 3.8) is 0 Å². The molecule has 124 valence electrons. The van der Waals surface area contributed by atoms with Gasteiger partial charge in [-0.1, -0.05) is 6.07 Å². The summed E-state index contributed by atoms with van der Waals surface area (Å²) < 4.78 is 10.5. The Kier molecular flexibility index (Phi) is 6.37. The van der Waals surface area contributed by atoms with E-state index in [0.717, 1.165) is 10.6 Å². The van der Waals surface area contributed by atoms with Crippen LogP contribution >= 0.6 is 11.3 Å². The van der Waals surface area contributed by atoms with Crippen LogP contribution in [-0.2, 0) is 12.8 Å². The van der Waals surface area contributed by atoms with Crippen molar-refractivity contribution in [1.29, 1.82) is 0 Å². The lowest BCUT2D eigenvalue weighted by Gasteiger charge is -2.09. The number of aromatic nitrogens is 1. The Balaban J connectivity index is 1.87. The summed E-state index contributed by atoms with van der Waals surface area (Å²) in [7, 11) is 3.20. The van der Waals surface area contributed by atoms with Gasteiger partial charge in [0.25, 0.3) is 5.91 Å². The van der Waals surface area contributed by atoms with Gasteiger partial charge in [0.2, 0.25) is 0 Å². The molecule has 2 rings (SSSR count). The van der Waals surface area contributed by atoms with Crippen LogP contribution in [0.4, 0.5) is 0 Å². The van der Waals surface area contributed by atoms with Gasteiger partial charge in [-0.05, 0) is 30.7 Å². The zero-order valence-electron chi connectivity index (χ0n) is 13.3. The third kappa shape index (κ3) is 4.67. The van der Waals surface area contributed by atoms with Crippen LogP contribution in [0.15, 0.2) is 23.6 Å². The van der Waals surface area contributed by atoms with Crippen molar-refractivity contribution >= 4 is 17.2 Å². The number of nitrogens with two attached hydrogens (primary N) is 1. The molecule has 0 spiro atoms. The summed E-state index contributed by atoms with van der Waals surface area (Å²) in [5.41, 5.74) is 6.99. The summed E-state index contributed by atoms with van der Waals surface area (Å²) >= 11 is 1.46. The molecule has 23 heavy (non-hydrogen) atoms. The molecule has 2 aromatic rings. The molecule has 0 aliphatic heterocycles. The molecule has 1 aromatic carbocycles. The Morgan fingerprint density at radius 2 is 2.04 bits per heavy atom. The largest absolute Gasteiger partial charge is 0.493 e. The van der Waals surface area contributed by atoms with E-state index in [-0.39, 0.29) is 5.91 Å². The van der Waals surface area contributed by atoms with Crippen molar-refractivity contribution in [3.05, 3.63) is 39.8 Å². The fourth-order valence-electron chi connectivity index (χ4n) is 2.10. The monoisotopic (exact) mass is 335 g/mol. The lowest BCUT2D eigenvalue weighted by Crippen LogP contribution is -2.26. The minimum atomic E-state index is -0.162. The fourth-order valence-corrected chi connectivity index (χ4v) is 2.89. The number of rotatable bonds is 8. The van der Waals surface area contributed by atoms with E-state index in [9.17, 15) is 4.79 Å². The second-order valence-corrected chi connectivity index (χ2v) is 5.80. The lowest BCUT2D eigenvalue weighted by atomic mass is 10.1. The van der Waals surface area contributed by atoms with E-state index >= 15 is 0 Å². The van der Waals surface area contributed by atoms with E-state index in [4.69, 9.17) is 15.2 Å². The van der Waals surface area contributed by atoms with Gasteiger partial charge in [-0.15, -0.1) is 11.3 Å². The number of carbonyl (C=O) groups is 1. The number of hydrogen-bond donors (Lipinski definition) is 2. The Morgan fingerprint density at radius 1 is 1.26 bits per heavy atom. The minimum absolute atomic E-state index is 0.162. The number of carbonyl (C=O) groups excluding carboxylic acids is 1. The third-order valence-corrected chi connectivity index (χ3v) is 4.20. The predicted molar refractivity (Wildman–Crippen MR) is 90.5 cm³/mol. The number of thiazole rings is 1. The Bertz CT molecular complexity index is 658. The first-order valence-corrected chi connectivity index (χ1v) is 8.19. The first-order valence-electron chi connectivity index (χ1n) is 7.31. The number of benzene rings is 1. The van der Waals surface area contributed by atoms with Gasteiger partial charge in [0.15, 0.2) is 11.5 Å². The topological polar surface area (TPSA) is 86.5 Å². The SMILES string of the molecule is COc1ccc(CCNC(=O)c2csc(CCN)n2)cc1OC. The minimum Gasteiger partial charge on any atom is -0.493 e. The molecule has 0 radical (unpaired) electrons. The van der Waals surface area contributed by atoms with Crippen LogP contribution in [0.1, 0.15) is 21.1 Å². The van der Waals surface area contributed by atoms with E-state index in [1.807, 2.05) is 18.2 Å². The van der Waals surface area contributed by atoms with Crippen LogP contribution in [0.3, 0.4) is 0 Å². The van der Waals surface area contributed by atoms with Crippen LogP contribution in [0.5, 0.6) is 11.5 Å². The summed E-state index contributed by atoms with van der Waals surface area (Å²) in [5.74, 6) is 1.21. The van der Waals surface area contributed by atoms with Gasteiger partial charge in [0.05, 0.1) is 19.2 Å². The van der Waals surface area contributed by atoms with Crippen molar-refractivity contribution in [2.45, 2.75) is 12.8 Å². The first-order chi connectivity index (χ1) is 11.2. The lowest BCUT2D eigenvalue weighted by molar-refractivity contribution is 0.0949. The van der Waals surface area contributed by atoms with E-state index in [1.165, 1.54) is 11.3 Å². The molecule has 0 saturated heterocycles. The second kappa shape index (κ2) is 8.50. The summed E-state index contributed by atoms with van der Waals surface area (Å²) in [6.45, 7) is 1.06. The van der Waals surface area contributed by atoms with Gasteiger partial charge in [-0.25, -0.2) is 4.98 Å². The Labute approximate surface area is 139 Å². The fraction of sp³-hybridized carbons (Fsp3) is 0.375. The van der Waals surface area contributed by atoms with Gasteiger partial charge in [0.1, 0.15) is 5.69 Å². The standard InChI is InChI=1S/C16H21N3O3S/c1-21-13-4-3-11(9-14(13)22-2)6-8-18-16(20)12-10-23-15(19-12)5-7-17/h3-4,9-10H,5-8,17H2,1-2H3,(H,18,20). The maximum Gasteiger partial charge on any atom is 0.270 e. The van der Waals surface area contributed by atoms with Gasteiger partial charge in [-0.3, -0.25) is 4.79 Å². The Morgan fingerprint density at radius 3 is 2.74 bits per heavy atom. The van der Waals surface area contributed by atoms with Crippen molar-refractivity contribution in [3.8, 4) is 11.5 Å². The molecule has 0 aliphatic rings. The number of nitrogens with one attached hydrogen (secondary N) is 1. The van der Waals surface area contributed by atoms with E-state index in [1.54, 1.807) is 19.6 Å². The third-order valence-electron chi connectivity index (χ3n) is 3.29. The van der Waals surface area contributed by atoms with Crippen LogP contribution in [0.25, 0.3) is 0 Å². The van der Waals surface area contributed by atoms with Crippen LogP contribution < -0.4 is 20.5 Å². The van der Waals surface area contributed by atoms with Crippen molar-refractivity contribution < 1.29 is 14.3 Å². The highest BCUT2D eigenvalue weighted by atomic mass is 32.1. The van der Waals surface area contributed by atoms with E-state index < -0.39 is 0 Å². The van der Waals surface area contributed by atoms with Gasteiger partial charge in [0, 0.05) is 18.3 Å². The molecule has 6 nitrogen and oxygen atoms in total. The van der Waals surface area contributed by atoms with Crippen molar-refractivity contribution in [2.75, 3.05) is 27.3 Å². The number of methoxy groups -OCH3 is 2. The molecule has 0 aliphatic carbocycles. The molecule has 7 heteroatoms. The maximum absolute atomic E-state index is 12.0. The molecule has 0 atom stereocenters. The number of nitrogens with zero attached hydrogens (tertiary/aromatic N) is 1. The molecule has 1 amide bonds. The number of ether oxygens (including phenoxy) is 2. The van der Waals surface area contributed by atoms with Crippen LogP contribution in [-0.4, -0.2) is 38.2 Å². The molecule has 0 saturated carbocycles. The van der Waals surface area contributed by atoms with Gasteiger partial charge >= 0.3 is 0 Å². The summed E-state index contributed by atoms with van der Waals surface area (Å²) in [5, 5.41) is 5.52. The first kappa shape index (κ1) is 17.2. The smallest absolute Gasteiger partial charge is 0.270 e. The number of amides is 1. The highest BCUT2D eigenvalue weighted by molar-refractivity contribution is 7.09. The second-order valence-electron chi connectivity index (χ2n) is 4.86. The number of hydrogen-bond acceptors (Lipinski definition) is 6. The van der Waals surface area contributed by atoms with Crippen LogP contribution in [0, 0.1) is 0 Å². The highest BCUT2D eigenvalue weighted by Crippen LogP contribution is 2.27. The molecule has 1 heterocycles. The molecular weight excluding hydrogens is 314 g/mol. The summed E-state index contributed by atoms with van der Waals surface area (Å²) in [6, 6.07) is 5.72. The molecular formula is C16H21N3O3S. The molecule has 0 fully saturated rings. The maximum atomic E-state index is 12.0. The summed E-state index contributed by atoms with van der Waals surface area (Å²) in [4.78, 5) is 16.3. The quantitative estimate of drug-likeness (QED) is 0.766. The van der Waals surface area contributed by atoms with Gasteiger partial charge < -0.3 is 20.5 Å². The normalized spacial score (nSPS) is 10.4. The molecule has 0 unspecified atom stereocenters. The van der Waals surface area contributed by atoms with Crippen molar-refractivity contribution in [2.24, 2.45) is 5.73 Å². The zero-order chi connectivity index (χ0) is 16.7. The summed E-state index contributed by atoms with van der Waals surface area (Å²) in [6.07, 6.45) is 1.40. The average Bonchev–Trinajstić information content (AvgIpc) is 3.03. The van der Waals surface area contributed by atoms with Crippen LogP contribution in [0.2, 0.25) is 0 Å². The zero-order valence-corrected chi connectivity index (χ0v) is 14.1. The van der Waals surface area contributed by atoms with Gasteiger partial charge in [-0.2, -0.15) is 0 Å². The van der Waals surface area contributed by atoms with E-state index in [2.05, 4.69) is 10.3 Å². The molecule has 0 bridgehead atoms. The highest BCUT2D eigenvalue weighted by Gasteiger charge is 2.10. The predicted octanol–water partition coefficient (Wildman–Crippen LogP) is 1.63. The van der Waals surface area contributed by atoms with Crippen molar-refractivity contribution in [1.82, 2.24) is 10.3 Å². The average molecular weight is 335 g/mol. The molecule has 1 aromatic heterocycles. The Hall–Kier alpha value is -2.12.